The van der Waals surface area contributed by atoms with Crippen LogP contribution in [0.3, 0.4) is 0 Å². The summed E-state index contributed by atoms with van der Waals surface area (Å²) in [7, 11) is 0. The van der Waals surface area contributed by atoms with Crippen LogP contribution in [-0.4, -0.2) is 30.8 Å². The Bertz CT molecular complexity index is 220. The highest BCUT2D eigenvalue weighted by Crippen LogP contribution is 2.19. The third-order valence-corrected chi connectivity index (χ3v) is 1.94. The van der Waals surface area contributed by atoms with Gasteiger partial charge < -0.3 is 0 Å². The van der Waals surface area contributed by atoms with E-state index in [4.69, 9.17) is 0 Å². The van der Waals surface area contributed by atoms with Crippen molar-refractivity contribution < 1.29 is 4.79 Å². The summed E-state index contributed by atoms with van der Waals surface area (Å²) in [6.07, 6.45) is 3.90. The lowest BCUT2D eigenvalue weighted by atomic mass is 9.95. The van der Waals surface area contributed by atoms with Crippen molar-refractivity contribution in [3.8, 4) is 0 Å². The summed E-state index contributed by atoms with van der Waals surface area (Å²) in [4.78, 5) is 18.9. The summed E-state index contributed by atoms with van der Waals surface area (Å²) in [6.45, 7) is 0.785. The topological polar surface area (TPSA) is 41.8 Å². The zero-order valence-corrected chi connectivity index (χ0v) is 5.53. The summed E-state index contributed by atoms with van der Waals surface area (Å²) in [5, 5.41) is 0. The van der Waals surface area contributed by atoms with Crippen molar-refractivity contribution in [1.29, 1.82) is 0 Å². The van der Waals surface area contributed by atoms with Gasteiger partial charge in [-0.2, -0.15) is 0 Å². The Kier molecular flexibility index (Phi) is 1.16. The third kappa shape index (κ3) is 0.781. The summed E-state index contributed by atoms with van der Waals surface area (Å²) in [6, 6.07) is 0.206. The number of hydrogen-bond donors (Lipinski definition) is 0. The SMILES string of the molecule is O=C1C=NC2C=NCC2C1. The number of ketones is 1. The van der Waals surface area contributed by atoms with Gasteiger partial charge in [0.15, 0.2) is 5.78 Å². The van der Waals surface area contributed by atoms with Crippen molar-refractivity contribution in [2.75, 3.05) is 6.54 Å². The Morgan fingerprint density at radius 1 is 1.60 bits per heavy atom. The highest BCUT2D eigenvalue weighted by Gasteiger charge is 2.28. The van der Waals surface area contributed by atoms with Gasteiger partial charge in [0.05, 0.1) is 12.3 Å². The maximum Gasteiger partial charge on any atom is 0.173 e. The molecule has 0 saturated heterocycles. The lowest BCUT2D eigenvalue weighted by Crippen LogP contribution is -2.26. The number of hydrogen-bond acceptors (Lipinski definition) is 3. The van der Waals surface area contributed by atoms with E-state index < -0.39 is 0 Å². The smallest absolute Gasteiger partial charge is 0.173 e. The van der Waals surface area contributed by atoms with Crippen molar-refractivity contribution in [1.82, 2.24) is 0 Å². The van der Waals surface area contributed by atoms with Gasteiger partial charge in [-0.1, -0.05) is 0 Å². The van der Waals surface area contributed by atoms with E-state index in [-0.39, 0.29) is 11.8 Å². The minimum Gasteiger partial charge on any atom is -0.295 e. The molecule has 0 fully saturated rings. The molecule has 0 aromatic rings. The van der Waals surface area contributed by atoms with Crippen LogP contribution in [0, 0.1) is 5.92 Å². The molecule has 2 heterocycles. The van der Waals surface area contributed by atoms with Crippen LogP contribution >= 0.6 is 0 Å². The Morgan fingerprint density at radius 2 is 2.50 bits per heavy atom. The molecule has 2 rings (SSSR count). The number of nitrogens with zero attached hydrogens (tertiary/aromatic N) is 2. The average molecular weight is 136 g/mol. The minimum atomic E-state index is 0.145. The number of carbonyl (C=O) groups excluding carboxylic acids is 1. The van der Waals surface area contributed by atoms with Gasteiger partial charge in [0.25, 0.3) is 0 Å². The van der Waals surface area contributed by atoms with Crippen molar-refractivity contribution in [3.63, 3.8) is 0 Å². The van der Waals surface area contributed by atoms with Crippen LogP contribution in [0.1, 0.15) is 6.42 Å². The second-order valence-corrected chi connectivity index (χ2v) is 2.71. The van der Waals surface area contributed by atoms with Crippen LogP contribution < -0.4 is 0 Å². The zero-order chi connectivity index (χ0) is 6.97. The van der Waals surface area contributed by atoms with Crippen molar-refractivity contribution >= 4 is 18.2 Å². The van der Waals surface area contributed by atoms with E-state index in [1.807, 2.05) is 6.21 Å². The number of fused-ring (bicyclic) bond motifs is 1. The van der Waals surface area contributed by atoms with Crippen LogP contribution in [0.5, 0.6) is 0 Å². The van der Waals surface area contributed by atoms with E-state index in [1.165, 1.54) is 6.21 Å². The fraction of sp³-hybridized carbons (Fsp3) is 0.571. The molecule has 0 spiro atoms. The quantitative estimate of drug-likeness (QED) is 0.465. The molecule has 3 nitrogen and oxygen atoms in total. The van der Waals surface area contributed by atoms with Gasteiger partial charge in [-0.05, 0) is 0 Å². The third-order valence-electron chi connectivity index (χ3n) is 1.94. The fourth-order valence-corrected chi connectivity index (χ4v) is 1.36. The molecule has 0 bridgehead atoms. The van der Waals surface area contributed by atoms with Crippen molar-refractivity contribution in [3.05, 3.63) is 0 Å². The first kappa shape index (κ1) is 5.77. The molecule has 0 amide bonds. The normalized spacial score (nSPS) is 36.6. The van der Waals surface area contributed by atoms with E-state index >= 15 is 0 Å². The van der Waals surface area contributed by atoms with Crippen LogP contribution in [0.15, 0.2) is 9.98 Å². The standard InChI is InChI=1S/C7H8N2O/c10-6-1-5-2-8-4-7(5)9-3-6/h3-5,7H,1-2H2. The monoisotopic (exact) mass is 136 g/mol. The molecular weight excluding hydrogens is 128 g/mol. The Morgan fingerprint density at radius 3 is 3.40 bits per heavy atom. The van der Waals surface area contributed by atoms with Crippen LogP contribution in [0.25, 0.3) is 0 Å². The minimum absolute atomic E-state index is 0.145. The predicted octanol–water partition coefficient (Wildman–Crippen LogP) is 0.0992. The number of aliphatic imine (C=N–C) groups is 2. The first-order valence-electron chi connectivity index (χ1n) is 3.42. The lowest BCUT2D eigenvalue weighted by Gasteiger charge is -2.15. The molecule has 2 unspecified atom stereocenters. The molecule has 0 N–H and O–H groups in total. The van der Waals surface area contributed by atoms with Gasteiger partial charge >= 0.3 is 0 Å². The molecule has 10 heavy (non-hydrogen) atoms. The Balaban J connectivity index is 2.21. The highest BCUT2D eigenvalue weighted by molar-refractivity contribution is 6.28. The van der Waals surface area contributed by atoms with Crippen LogP contribution in [-0.2, 0) is 4.79 Å². The molecule has 52 valence electrons. The predicted molar refractivity (Wildman–Crippen MR) is 38.8 cm³/mol. The van der Waals surface area contributed by atoms with Gasteiger partial charge in [0.2, 0.25) is 0 Å². The van der Waals surface area contributed by atoms with E-state index in [2.05, 4.69) is 9.98 Å². The van der Waals surface area contributed by atoms with Crippen molar-refractivity contribution in [2.45, 2.75) is 12.5 Å². The largest absolute Gasteiger partial charge is 0.295 e. The molecule has 0 saturated carbocycles. The molecular formula is C7H8N2O. The zero-order valence-electron chi connectivity index (χ0n) is 5.53. The summed E-state index contributed by atoms with van der Waals surface area (Å²) in [5.74, 6) is 0.518. The average Bonchev–Trinajstić information content (AvgIpc) is 2.33. The first-order valence-corrected chi connectivity index (χ1v) is 3.42. The molecule has 3 heteroatoms. The Labute approximate surface area is 58.9 Å². The molecule has 2 aliphatic heterocycles. The van der Waals surface area contributed by atoms with E-state index in [1.54, 1.807) is 0 Å². The summed E-state index contributed by atoms with van der Waals surface area (Å²) in [5.41, 5.74) is 0. The van der Waals surface area contributed by atoms with E-state index in [0.29, 0.717) is 12.3 Å². The van der Waals surface area contributed by atoms with Gasteiger partial charge in [-0.15, -0.1) is 0 Å². The molecule has 0 radical (unpaired) electrons. The number of rotatable bonds is 0. The van der Waals surface area contributed by atoms with Gasteiger partial charge in [0.1, 0.15) is 0 Å². The second-order valence-electron chi connectivity index (χ2n) is 2.71. The Hall–Kier alpha value is -0.990. The van der Waals surface area contributed by atoms with Gasteiger partial charge in [0, 0.05) is 25.1 Å². The molecule has 2 atom stereocenters. The van der Waals surface area contributed by atoms with Gasteiger partial charge in [-0.3, -0.25) is 14.8 Å². The maximum atomic E-state index is 10.8. The van der Waals surface area contributed by atoms with Crippen LogP contribution in [0.2, 0.25) is 0 Å². The maximum absolute atomic E-state index is 10.8. The first-order chi connectivity index (χ1) is 4.86. The molecule has 0 aromatic heterocycles. The fourth-order valence-electron chi connectivity index (χ4n) is 1.36. The van der Waals surface area contributed by atoms with Crippen molar-refractivity contribution in [2.24, 2.45) is 15.9 Å². The molecule has 0 aliphatic carbocycles. The lowest BCUT2D eigenvalue weighted by molar-refractivity contribution is -0.113. The van der Waals surface area contributed by atoms with Crippen LogP contribution in [0.4, 0.5) is 0 Å². The second kappa shape index (κ2) is 2.01. The van der Waals surface area contributed by atoms with E-state index in [0.717, 1.165) is 6.54 Å². The van der Waals surface area contributed by atoms with E-state index in [9.17, 15) is 4.79 Å². The molecule has 0 aromatic carbocycles. The summed E-state index contributed by atoms with van der Waals surface area (Å²) >= 11 is 0. The summed E-state index contributed by atoms with van der Waals surface area (Å²) < 4.78 is 0. The number of Topliss-reactive ketones (excluding diaryl/α,β-unsaturated/α-hetero) is 1. The van der Waals surface area contributed by atoms with Gasteiger partial charge in [-0.25, -0.2) is 0 Å². The highest BCUT2D eigenvalue weighted by atomic mass is 16.1. The molecule has 2 aliphatic rings. The number of carbonyl (C=O) groups is 1.